The normalized spacial score (nSPS) is 16.8. The molecule has 0 aliphatic heterocycles. The van der Waals surface area contributed by atoms with Crippen molar-refractivity contribution in [2.75, 3.05) is 5.75 Å². The third-order valence-electron chi connectivity index (χ3n) is 3.74. The zero-order valence-corrected chi connectivity index (χ0v) is 11.7. The number of H-pyrrole nitrogens is 1. The number of imidazole rings is 1. The first-order valence-corrected chi connectivity index (χ1v) is 7.96. The number of hydrogen-bond donors (Lipinski definition) is 1. The van der Waals surface area contributed by atoms with E-state index >= 15 is 0 Å². The highest BCUT2D eigenvalue weighted by molar-refractivity contribution is 8.00. The van der Waals surface area contributed by atoms with Crippen molar-refractivity contribution in [3.05, 3.63) is 30.1 Å². The van der Waals surface area contributed by atoms with Crippen LogP contribution in [-0.4, -0.2) is 26.8 Å². The molecule has 0 spiro atoms. The largest absolute Gasteiger partial charge is 0.345 e. The number of ketones is 1. The first-order valence-electron chi connectivity index (χ1n) is 6.91. The molecule has 1 heterocycles. The van der Waals surface area contributed by atoms with E-state index in [0.29, 0.717) is 11.0 Å². The average molecular weight is 274 g/mol. The number of aromatic amines is 1. The number of benzene rings is 1. The van der Waals surface area contributed by atoms with Gasteiger partial charge in [-0.05, 0) is 31.0 Å². The van der Waals surface area contributed by atoms with Crippen molar-refractivity contribution in [2.24, 2.45) is 0 Å². The third kappa shape index (κ3) is 3.00. The Bertz CT molecular complexity index is 572. The summed E-state index contributed by atoms with van der Waals surface area (Å²) in [4.78, 5) is 19.4. The summed E-state index contributed by atoms with van der Waals surface area (Å²) >= 11 is 1.83. The third-order valence-corrected chi connectivity index (χ3v) is 5.12. The summed E-state index contributed by atoms with van der Waals surface area (Å²) in [6.45, 7) is 0. The van der Waals surface area contributed by atoms with E-state index in [4.69, 9.17) is 0 Å². The number of rotatable bonds is 4. The van der Waals surface area contributed by atoms with Crippen LogP contribution in [-0.2, 0) is 0 Å². The van der Waals surface area contributed by atoms with Crippen molar-refractivity contribution >= 4 is 28.6 Å². The fraction of sp³-hybridized carbons (Fsp3) is 0.467. The van der Waals surface area contributed by atoms with E-state index in [-0.39, 0.29) is 5.78 Å². The molecular weight excluding hydrogens is 256 g/mol. The molecule has 0 radical (unpaired) electrons. The van der Waals surface area contributed by atoms with Crippen molar-refractivity contribution in [2.45, 2.75) is 37.4 Å². The van der Waals surface area contributed by atoms with Gasteiger partial charge in [-0.3, -0.25) is 4.79 Å². The number of aromatic nitrogens is 2. The molecule has 1 fully saturated rings. The predicted octanol–water partition coefficient (Wildman–Crippen LogP) is 3.81. The fourth-order valence-electron chi connectivity index (χ4n) is 2.62. The maximum Gasteiger partial charge on any atom is 0.172 e. The molecule has 100 valence electrons. The zero-order chi connectivity index (χ0) is 13.1. The van der Waals surface area contributed by atoms with E-state index in [1.54, 1.807) is 6.33 Å². The standard InChI is InChI=1S/C15H18N2OS/c18-15(9-19-12-4-2-1-3-5-12)11-6-7-13-14(8-11)17-10-16-13/h6-8,10,12H,1-5,9H2,(H,16,17). The van der Waals surface area contributed by atoms with Crippen LogP contribution in [0.1, 0.15) is 42.5 Å². The highest BCUT2D eigenvalue weighted by Gasteiger charge is 2.16. The highest BCUT2D eigenvalue weighted by Crippen LogP contribution is 2.28. The second-order valence-electron chi connectivity index (χ2n) is 5.13. The van der Waals surface area contributed by atoms with E-state index < -0.39 is 0 Å². The monoisotopic (exact) mass is 274 g/mol. The molecule has 1 aliphatic carbocycles. The first kappa shape index (κ1) is 12.7. The molecule has 3 nitrogen and oxygen atoms in total. The lowest BCUT2D eigenvalue weighted by molar-refractivity contribution is 0.102. The number of Topliss-reactive ketones (excluding diaryl/α,β-unsaturated/α-hetero) is 1. The van der Waals surface area contributed by atoms with Crippen LogP contribution in [0.3, 0.4) is 0 Å². The second kappa shape index (κ2) is 5.78. The molecular formula is C15H18N2OS. The SMILES string of the molecule is O=C(CSC1CCCCC1)c1ccc2nc[nH]c2c1. The van der Waals surface area contributed by atoms with Crippen molar-refractivity contribution < 1.29 is 4.79 Å². The van der Waals surface area contributed by atoms with Gasteiger partial charge in [0.05, 0.1) is 23.1 Å². The van der Waals surface area contributed by atoms with Crippen LogP contribution in [0, 0.1) is 0 Å². The molecule has 1 aromatic heterocycles. The van der Waals surface area contributed by atoms with Crippen molar-refractivity contribution in [3.8, 4) is 0 Å². The number of fused-ring (bicyclic) bond motifs is 1. The second-order valence-corrected chi connectivity index (χ2v) is 6.42. The van der Waals surface area contributed by atoms with Gasteiger partial charge in [0, 0.05) is 10.8 Å². The minimum absolute atomic E-state index is 0.229. The molecule has 1 N–H and O–H groups in total. The van der Waals surface area contributed by atoms with E-state index in [1.165, 1.54) is 32.1 Å². The van der Waals surface area contributed by atoms with Gasteiger partial charge >= 0.3 is 0 Å². The molecule has 0 atom stereocenters. The summed E-state index contributed by atoms with van der Waals surface area (Å²) in [5.41, 5.74) is 2.64. The summed E-state index contributed by atoms with van der Waals surface area (Å²) in [7, 11) is 0. The number of nitrogens with one attached hydrogen (secondary N) is 1. The topological polar surface area (TPSA) is 45.8 Å². The van der Waals surface area contributed by atoms with Crippen LogP contribution in [0.4, 0.5) is 0 Å². The molecule has 0 bridgehead atoms. The lowest BCUT2D eigenvalue weighted by Gasteiger charge is -2.20. The summed E-state index contributed by atoms with van der Waals surface area (Å²) in [6.07, 6.45) is 8.23. The Morgan fingerprint density at radius 1 is 1.32 bits per heavy atom. The first-order chi connectivity index (χ1) is 9.33. The van der Waals surface area contributed by atoms with E-state index in [0.717, 1.165) is 16.6 Å². The maximum absolute atomic E-state index is 12.2. The molecule has 0 amide bonds. The quantitative estimate of drug-likeness (QED) is 0.862. The number of hydrogen-bond acceptors (Lipinski definition) is 3. The predicted molar refractivity (Wildman–Crippen MR) is 79.8 cm³/mol. The lowest BCUT2D eigenvalue weighted by atomic mass is 10.0. The summed E-state index contributed by atoms with van der Waals surface area (Å²) < 4.78 is 0. The van der Waals surface area contributed by atoms with Gasteiger partial charge in [-0.2, -0.15) is 11.8 Å². The van der Waals surface area contributed by atoms with Crippen molar-refractivity contribution in [1.29, 1.82) is 0 Å². The molecule has 0 saturated heterocycles. The van der Waals surface area contributed by atoms with E-state index in [1.807, 2.05) is 30.0 Å². The molecule has 2 aromatic rings. The van der Waals surface area contributed by atoms with Gasteiger partial charge in [-0.15, -0.1) is 0 Å². The Hall–Kier alpha value is -1.29. The number of carbonyl (C=O) groups excluding carboxylic acids is 1. The van der Waals surface area contributed by atoms with E-state index in [2.05, 4.69) is 9.97 Å². The van der Waals surface area contributed by atoms with Crippen LogP contribution >= 0.6 is 11.8 Å². The summed E-state index contributed by atoms with van der Waals surface area (Å²) in [6, 6.07) is 5.70. The van der Waals surface area contributed by atoms with Crippen LogP contribution in [0.5, 0.6) is 0 Å². The minimum atomic E-state index is 0.229. The average Bonchev–Trinajstić information content (AvgIpc) is 2.93. The number of nitrogens with zero attached hydrogens (tertiary/aromatic N) is 1. The molecule has 3 rings (SSSR count). The molecule has 4 heteroatoms. The van der Waals surface area contributed by atoms with Gasteiger partial charge in [-0.1, -0.05) is 19.3 Å². The Morgan fingerprint density at radius 2 is 2.16 bits per heavy atom. The molecule has 0 unspecified atom stereocenters. The van der Waals surface area contributed by atoms with Crippen molar-refractivity contribution in [1.82, 2.24) is 9.97 Å². The zero-order valence-electron chi connectivity index (χ0n) is 10.9. The Labute approximate surface area is 117 Å². The van der Waals surface area contributed by atoms with Crippen molar-refractivity contribution in [3.63, 3.8) is 0 Å². The molecule has 1 aromatic carbocycles. The van der Waals surface area contributed by atoms with Gasteiger partial charge in [0.25, 0.3) is 0 Å². The molecule has 1 aliphatic rings. The Morgan fingerprint density at radius 3 is 3.00 bits per heavy atom. The Kier molecular flexibility index (Phi) is 3.87. The van der Waals surface area contributed by atoms with Crippen LogP contribution in [0.25, 0.3) is 11.0 Å². The van der Waals surface area contributed by atoms with Crippen LogP contribution < -0.4 is 0 Å². The summed E-state index contributed by atoms with van der Waals surface area (Å²) in [5.74, 6) is 0.830. The van der Waals surface area contributed by atoms with E-state index in [9.17, 15) is 4.79 Å². The lowest BCUT2D eigenvalue weighted by Crippen LogP contribution is -2.12. The van der Waals surface area contributed by atoms with Gasteiger partial charge in [0.15, 0.2) is 5.78 Å². The maximum atomic E-state index is 12.2. The number of thioether (sulfide) groups is 1. The molecule has 1 saturated carbocycles. The minimum Gasteiger partial charge on any atom is -0.345 e. The fourth-order valence-corrected chi connectivity index (χ4v) is 3.84. The van der Waals surface area contributed by atoms with Crippen LogP contribution in [0.15, 0.2) is 24.5 Å². The number of carbonyl (C=O) groups is 1. The molecule has 19 heavy (non-hydrogen) atoms. The van der Waals surface area contributed by atoms with Gasteiger partial charge in [0.1, 0.15) is 0 Å². The summed E-state index contributed by atoms with van der Waals surface area (Å²) in [5, 5.41) is 0.689. The van der Waals surface area contributed by atoms with Gasteiger partial charge in [0.2, 0.25) is 0 Å². The highest BCUT2D eigenvalue weighted by atomic mass is 32.2. The smallest absolute Gasteiger partial charge is 0.172 e. The van der Waals surface area contributed by atoms with Crippen LogP contribution in [0.2, 0.25) is 0 Å². The Balaban J connectivity index is 1.62. The van der Waals surface area contributed by atoms with Gasteiger partial charge in [-0.25, -0.2) is 4.98 Å². The van der Waals surface area contributed by atoms with Gasteiger partial charge < -0.3 is 4.98 Å².